The second kappa shape index (κ2) is 7.05. The van der Waals surface area contributed by atoms with E-state index in [1.54, 1.807) is 0 Å². The van der Waals surface area contributed by atoms with E-state index in [9.17, 15) is 4.79 Å². The number of aliphatic carboxylic acids is 1. The van der Waals surface area contributed by atoms with Crippen molar-refractivity contribution < 1.29 is 14.6 Å². The van der Waals surface area contributed by atoms with Crippen LogP contribution in [0.2, 0.25) is 0 Å². The summed E-state index contributed by atoms with van der Waals surface area (Å²) in [5.41, 5.74) is 2.06. The van der Waals surface area contributed by atoms with Gasteiger partial charge in [0.2, 0.25) is 0 Å². The van der Waals surface area contributed by atoms with Crippen molar-refractivity contribution in [3.8, 4) is 0 Å². The Morgan fingerprint density at radius 2 is 1.86 bits per heavy atom. The van der Waals surface area contributed by atoms with Crippen LogP contribution in [0.5, 0.6) is 0 Å². The van der Waals surface area contributed by atoms with Gasteiger partial charge in [-0.3, -0.25) is 9.69 Å². The first-order valence-corrected chi connectivity index (χ1v) is 7.59. The van der Waals surface area contributed by atoms with Crippen molar-refractivity contribution >= 4 is 5.97 Å². The van der Waals surface area contributed by atoms with Crippen LogP contribution < -0.4 is 0 Å². The molecule has 2 rings (SSSR count). The van der Waals surface area contributed by atoms with Crippen molar-refractivity contribution in [2.24, 2.45) is 0 Å². The molecule has 4 nitrogen and oxygen atoms in total. The Kier molecular flexibility index (Phi) is 5.37. The number of benzene rings is 1. The maximum atomic E-state index is 10.9. The molecule has 0 aromatic heterocycles. The maximum absolute atomic E-state index is 10.9. The number of hydrogen-bond donors (Lipinski definition) is 1. The van der Waals surface area contributed by atoms with E-state index in [-0.39, 0.29) is 11.8 Å². The number of rotatable bonds is 6. The predicted molar refractivity (Wildman–Crippen MR) is 82.7 cm³/mol. The van der Waals surface area contributed by atoms with Gasteiger partial charge < -0.3 is 9.84 Å². The highest BCUT2D eigenvalue weighted by Crippen LogP contribution is 2.27. The quantitative estimate of drug-likeness (QED) is 0.874. The zero-order valence-electron chi connectivity index (χ0n) is 13.0. The molecule has 0 spiro atoms. The lowest BCUT2D eigenvalue weighted by atomic mass is 9.81. The van der Waals surface area contributed by atoms with E-state index in [0.717, 1.165) is 44.8 Å². The minimum absolute atomic E-state index is 0.153. The molecule has 0 atom stereocenters. The molecule has 0 amide bonds. The SMILES string of the molecule is CC(C)(CC(=O)O)c1ccc(CCN2CCOCC2)cc1. The number of carboxylic acids is 1. The fourth-order valence-corrected chi connectivity index (χ4v) is 2.71. The molecule has 0 saturated carbocycles. The molecule has 1 fully saturated rings. The average Bonchev–Trinajstić information content (AvgIpc) is 2.45. The second-order valence-electron chi connectivity index (χ2n) is 6.36. The van der Waals surface area contributed by atoms with E-state index in [1.807, 2.05) is 13.8 Å². The number of carbonyl (C=O) groups is 1. The molecule has 21 heavy (non-hydrogen) atoms. The monoisotopic (exact) mass is 291 g/mol. The second-order valence-corrected chi connectivity index (χ2v) is 6.36. The van der Waals surface area contributed by atoms with Gasteiger partial charge in [-0.05, 0) is 17.5 Å². The van der Waals surface area contributed by atoms with Crippen molar-refractivity contribution in [1.29, 1.82) is 0 Å². The Bertz CT molecular complexity index is 461. The molecule has 1 N–H and O–H groups in total. The van der Waals surface area contributed by atoms with Gasteiger partial charge in [-0.1, -0.05) is 38.1 Å². The lowest BCUT2D eigenvalue weighted by molar-refractivity contribution is -0.138. The first kappa shape index (κ1) is 16.0. The van der Waals surface area contributed by atoms with Crippen molar-refractivity contribution in [3.05, 3.63) is 35.4 Å². The molecular weight excluding hydrogens is 266 g/mol. The highest BCUT2D eigenvalue weighted by atomic mass is 16.5. The molecule has 0 aliphatic carbocycles. The lowest BCUT2D eigenvalue weighted by Gasteiger charge is -2.26. The van der Waals surface area contributed by atoms with E-state index in [4.69, 9.17) is 9.84 Å². The van der Waals surface area contributed by atoms with Crippen LogP contribution in [-0.4, -0.2) is 48.8 Å². The molecule has 1 heterocycles. The summed E-state index contributed by atoms with van der Waals surface area (Å²) in [4.78, 5) is 13.3. The Hall–Kier alpha value is -1.39. The summed E-state index contributed by atoms with van der Waals surface area (Å²) in [7, 11) is 0. The van der Waals surface area contributed by atoms with Gasteiger partial charge in [-0.15, -0.1) is 0 Å². The summed E-state index contributed by atoms with van der Waals surface area (Å²) < 4.78 is 5.35. The van der Waals surface area contributed by atoms with Crippen molar-refractivity contribution in [1.82, 2.24) is 4.90 Å². The zero-order valence-corrected chi connectivity index (χ0v) is 13.0. The van der Waals surface area contributed by atoms with Crippen molar-refractivity contribution in [3.63, 3.8) is 0 Å². The number of carboxylic acid groups (broad SMARTS) is 1. The summed E-state index contributed by atoms with van der Waals surface area (Å²) in [6.45, 7) is 8.72. The molecule has 1 aliphatic rings. The summed E-state index contributed by atoms with van der Waals surface area (Å²) in [5.74, 6) is -0.753. The van der Waals surface area contributed by atoms with Gasteiger partial charge in [0, 0.05) is 25.0 Å². The van der Waals surface area contributed by atoms with Gasteiger partial charge in [-0.25, -0.2) is 0 Å². The molecule has 1 aromatic rings. The normalized spacial score (nSPS) is 16.9. The largest absolute Gasteiger partial charge is 0.481 e. The van der Waals surface area contributed by atoms with Crippen LogP contribution in [0.3, 0.4) is 0 Å². The Morgan fingerprint density at radius 3 is 2.43 bits per heavy atom. The number of morpholine rings is 1. The van der Waals surface area contributed by atoms with Crippen molar-refractivity contribution in [2.45, 2.75) is 32.1 Å². The molecule has 1 saturated heterocycles. The highest BCUT2D eigenvalue weighted by molar-refractivity contribution is 5.68. The molecule has 4 heteroatoms. The fourth-order valence-electron chi connectivity index (χ4n) is 2.71. The summed E-state index contributed by atoms with van der Waals surface area (Å²) >= 11 is 0. The van der Waals surface area contributed by atoms with E-state index in [2.05, 4.69) is 29.2 Å². The van der Waals surface area contributed by atoms with Gasteiger partial charge in [0.25, 0.3) is 0 Å². The third-order valence-corrected chi connectivity index (χ3v) is 4.15. The van der Waals surface area contributed by atoms with Crippen LogP contribution >= 0.6 is 0 Å². The van der Waals surface area contributed by atoms with Crippen LogP contribution in [0.25, 0.3) is 0 Å². The summed E-state index contributed by atoms with van der Waals surface area (Å²) in [6.07, 6.45) is 1.18. The zero-order chi connectivity index (χ0) is 15.3. The topological polar surface area (TPSA) is 49.8 Å². The Labute approximate surface area is 126 Å². The third kappa shape index (κ3) is 4.83. The summed E-state index contributed by atoms with van der Waals surface area (Å²) in [5, 5.41) is 8.98. The van der Waals surface area contributed by atoms with Gasteiger partial charge >= 0.3 is 5.97 Å². The van der Waals surface area contributed by atoms with Crippen LogP contribution in [-0.2, 0) is 21.4 Å². The maximum Gasteiger partial charge on any atom is 0.304 e. The summed E-state index contributed by atoms with van der Waals surface area (Å²) in [6, 6.07) is 8.38. The molecule has 116 valence electrons. The fraction of sp³-hybridized carbons (Fsp3) is 0.588. The van der Waals surface area contributed by atoms with E-state index in [0.29, 0.717) is 0 Å². The van der Waals surface area contributed by atoms with Crippen LogP contribution in [0, 0.1) is 0 Å². The first-order valence-electron chi connectivity index (χ1n) is 7.59. The Balaban J connectivity index is 1.90. The van der Waals surface area contributed by atoms with Gasteiger partial charge in [0.1, 0.15) is 0 Å². The van der Waals surface area contributed by atoms with Crippen LogP contribution in [0.4, 0.5) is 0 Å². The van der Waals surface area contributed by atoms with E-state index < -0.39 is 5.97 Å². The standard InChI is InChI=1S/C17H25NO3/c1-17(2,13-16(19)20)15-5-3-14(4-6-15)7-8-18-9-11-21-12-10-18/h3-6H,7-13H2,1-2H3,(H,19,20). The molecule has 0 bridgehead atoms. The Morgan fingerprint density at radius 1 is 1.24 bits per heavy atom. The van der Waals surface area contributed by atoms with Gasteiger partial charge in [0.15, 0.2) is 0 Å². The third-order valence-electron chi connectivity index (χ3n) is 4.15. The molecule has 0 radical (unpaired) electrons. The molecular formula is C17H25NO3. The number of hydrogen-bond acceptors (Lipinski definition) is 3. The predicted octanol–water partition coefficient (Wildman–Crippen LogP) is 2.31. The first-order chi connectivity index (χ1) is 9.97. The van der Waals surface area contributed by atoms with E-state index in [1.165, 1.54) is 5.56 Å². The van der Waals surface area contributed by atoms with E-state index >= 15 is 0 Å². The highest BCUT2D eigenvalue weighted by Gasteiger charge is 2.23. The van der Waals surface area contributed by atoms with Gasteiger partial charge in [0.05, 0.1) is 19.6 Å². The van der Waals surface area contributed by atoms with Crippen LogP contribution in [0.15, 0.2) is 24.3 Å². The minimum atomic E-state index is -0.753. The minimum Gasteiger partial charge on any atom is -0.481 e. The lowest BCUT2D eigenvalue weighted by Crippen LogP contribution is -2.37. The number of nitrogens with zero attached hydrogens (tertiary/aromatic N) is 1. The smallest absolute Gasteiger partial charge is 0.304 e. The molecule has 1 aliphatic heterocycles. The molecule has 1 aromatic carbocycles. The van der Waals surface area contributed by atoms with Crippen LogP contribution in [0.1, 0.15) is 31.4 Å². The van der Waals surface area contributed by atoms with Crippen molar-refractivity contribution in [2.75, 3.05) is 32.8 Å². The average molecular weight is 291 g/mol. The molecule has 0 unspecified atom stereocenters. The number of ether oxygens (including phenoxy) is 1. The van der Waals surface area contributed by atoms with Gasteiger partial charge in [-0.2, -0.15) is 0 Å².